The van der Waals surface area contributed by atoms with E-state index in [0.29, 0.717) is 40.9 Å². The quantitative estimate of drug-likeness (QED) is 0.163. The zero-order valence-corrected chi connectivity index (χ0v) is 26.8. The predicted molar refractivity (Wildman–Crippen MR) is 194 cm³/mol. The third kappa shape index (κ3) is 5.61. The molecule has 2 heterocycles. The highest BCUT2D eigenvalue weighted by molar-refractivity contribution is 5.72. The van der Waals surface area contributed by atoms with Crippen molar-refractivity contribution in [1.82, 2.24) is 29.9 Å². The van der Waals surface area contributed by atoms with Crippen LogP contribution in [0.25, 0.3) is 68.3 Å². The van der Waals surface area contributed by atoms with E-state index < -0.39 is 0 Å². The highest BCUT2D eigenvalue weighted by atomic mass is 15.0. The summed E-state index contributed by atoms with van der Waals surface area (Å²) < 4.78 is 0. The molecule has 1 fully saturated rings. The van der Waals surface area contributed by atoms with Crippen molar-refractivity contribution >= 4 is 0 Å². The Morgan fingerprint density at radius 3 is 1.18 bits per heavy atom. The van der Waals surface area contributed by atoms with E-state index in [-0.39, 0.29) is 5.41 Å². The first-order valence-electron chi connectivity index (χ1n) is 16.8. The molecule has 0 N–H and O–H groups in total. The van der Waals surface area contributed by atoms with Crippen molar-refractivity contribution in [2.24, 2.45) is 5.92 Å². The molecule has 0 aliphatic heterocycles. The first kappa shape index (κ1) is 29.0. The molecular formula is C43H32N6. The van der Waals surface area contributed by atoms with Gasteiger partial charge in [0.25, 0.3) is 0 Å². The summed E-state index contributed by atoms with van der Waals surface area (Å²) in [5.74, 6) is 4.40. The van der Waals surface area contributed by atoms with Gasteiger partial charge in [0.05, 0.1) is 0 Å². The van der Waals surface area contributed by atoms with Crippen LogP contribution in [0.3, 0.4) is 0 Å². The van der Waals surface area contributed by atoms with Gasteiger partial charge >= 0.3 is 0 Å². The van der Waals surface area contributed by atoms with Crippen LogP contribution >= 0.6 is 0 Å². The van der Waals surface area contributed by atoms with E-state index in [1.54, 1.807) is 0 Å². The van der Waals surface area contributed by atoms with Gasteiger partial charge < -0.3 is 0 Å². The van der Waals surface area contributed by atoms with Crippen molar-refractivity contribution < 1.29 is 0 Å². The largest absolute Gasteiger partial charge is 0.208 e. The number of fused-ring (bicyclic) bond motifs is 2. The molecule has 9 rings (SSSR count). The van der Waals surface area contributed by atoms with E-state index in [1.165, 1.54) is 24.8 Å². The lowest BCUT2D eigenvalue weighted by Crippen LogP contribution is -2.17. The SMILES string of the molecule is C1=CC2(c3cccc(-c4nc(-c5ccccc5)nc(-c5cccc(-c6nc(-c7ccccc7)nc(-c7ccccc7)n6)c5)n4)c3)CCC1C2. The Labute approximate surface area is 285 Å². The molecule has 2 aromatic heterocycles. The minimum atomic E-state index is 0.120. The van der Waals surface area contributed by atoms with E-state index in [9.17, 15) is 0 Å². The Bertz CT molecular complexity index is 2260. The number of allylic oxidation sites excluding steroid dienone is 2. The molecule has 6 nitrogen and oxygen atoms in total. The summed E-state index contributed by atoms with van der Waals surface area (Å²) in [4.78, 5) is 29.9. The number of rotatable bonds is 7. The topological polar surface area (TPSA) is 77.3 Å². The van der Waals surface area contributed by atoms with Crippen LogP contribution in [0, 0.1) is 5.92 Å². The van der Waals surface area contributed by atoms with Crippen LogP contribution in [-0.2, 0) is 5.41 Å². The number of benzene rings is 5. The zero-order valence-electron chi connectivity index (χ0n) is 26.8. The van der Waals surface area contributed by atoms with Crippen molar-refractivity contribution in [2.75, 3.05) is 0 Å². The molecule has 0 saturated heterocycles. The molecule has 1 saturated carbocycles. The maximum Gasteiger partial charge on any atom is 0.164 e. The molecule has 49 heavy (non-hydrogen) atoms. The second kappa shape index (κ2) is 12.1. The molecule has 2 bridgehead atoms. The molecular weight excluding hydrogens is 601 g/mol. The fraction of sp³-hybridized carbons (Fsp3) is 0.116. The molecule has 234 valence electrons. The van der Waals surface area contributed by atoms with Crippen molar-refractivity contribution in [3.05, 3.63) is 157 Å². The molecule has 0 radical (unpaired) electrons. The first-order chi connectivity index (χ1) is 24.2. The van der Waals surface area contributed by atoms with E-state index >= 15 is 0 Å². The molecule has 2 aliphatic rings. The van der Waals surface area contributed by atoms with Crippen molar-refractivity contribution in [1.29, 1.82) is 0 Å². The molecule has 6 heteroatoms. The molecule has 2 aliphatic carbocycles. The predicted octanol–water partition coefficient (Wildman–Crippen LogP) is 9.67. The maximum atomic E-state index is 5.10. The molecule has 5 aromatic carbocycles. The Morgan fingerprint density at radius 1 is 0.408 bits per heavy atom. The van der Waals surface area contributed by atoms with Crippen LogP contribution in [0.4, 0.5) is 0 Å². The summed E-state index contributed by atoms with van der Waals surface area (Å²) in [6.07, 6.45) is 8.46. The second-order valence-corrected chi connectivity index (χ2v) is 12.9. The van der Waals surface area contributed by atoms with Gasteiger partial charge in [0, 0.05) is 38.8 Å². The first-order valence-corrected chi connectivity index (χ1v) is 16.8. The Balaban J connectivity index is 1.16. The molecule has 0 amide bonds. The fourth-order valence-corrected chi connectivity index (χ4v) is 7.16. The Morgan fingerprint density at radius 2 is 0.796 bits per heavy atom. The number of aromatic nitrogens is 6. The van der Waals surface area contributed by atoms with Crippen LogP contribution < -0.4 is 0 Å². The van der Waals surface area contributed by atoms with Gasteiger partial charge in [0.1, 0.15) is 0 Å². The van der Waals surface area contributed by atoms with E-state index in [4.69, 9.17) is 29.9 Å². The lowest BCUT2D eigenvalue weighted by molar-refractivity contribution is 0.567. The summed E-state index contributed by atoms with van der Waals surface area (Å²) in [5.41, 5.74) is 6.95. The van der Waals surface area contributed by atoms with Gasteiger partial charge in [0.15, 0.2) is 34.9 Å². The summed E-state index contributed by atoms with van der Waals surface area (Å²) in [6.45, 7) is 0. The average molecular weight is 633 g/mol. The smallest absolute Gasteiger partial charge is 0.164 e. The van der Waals surface area contributed by atoms with Gasteiger partial charge in [0.2, 0.25) is 0 Å². The van der Waals surface area contributed by atoms with Gasteiger partial charge in [-0.05, 0) is 42.9 Å². The third-order valence-corrected chi connectivity index (χ3v) is 9.72. The number of hydrogen-bond donors (Lipinski definition) is 0. The van der Waals surface area contributed by atoms with Gasteiger partial charge in [-0.25, -0.2) is 29.9 Å². The van der Waals surface area contributed by atoms with Gasteiger partial charge in [-0.3, -0.25) is 0 Å². The minimum absolute atomic E-state index is 0.120. The van der Waals surface area contributed by atoms with Gasteiger partial charge in [-0.1, -0.05) is 140 Å². The van der Waals surface area contributed by atoms with Gasteiger partial charge in [-0.15, -0.1) is 0 Å². The average Bonchev–Trinajstić information content (AvgIpc) is 3.82. The monoisotopic (exact) mass is 632 g/mol. The zero-order chi connectivity index (χ0) is 32.6. The highest BCUT2D eigenvalue weighted by Crippen LogP contribution is 2.51. The molecule has 0 spiro atoms. The molecule has 2 atom stereocenters. The lowest BCUT2D eigenvalue weighted by atomic mass is 9.79. The second-order valence-electron chi connectivity index (χ2n) is 12.9. The maximum absolute atomic E-state index is 5.10. The van der Waals surface area contributed by atoms with Crippen LogP contribution in [0.2, 0.25) is 0 Å². The Hall–Kier alpha value is -6.14. The summed E-state index contributed by atoms with van der Waals surface area (Å²) in [7, 11) is 0. The van der Waals surface area contributed by atoms with Crippen LogP contribution in [-0.4, -0.2) is 29.9 Å². The molecule has 7 aromatic rings. The van der Waals surface area contributed by atoms with Crippen LogP contribution in [0.15, 0.2) is 152 Å². The molecule has 2 unspecified atom stereocenters. The summed E-state index contributed by atoms with van der Waals surface area (Å²) in [5, 5.41) is 0. The number of hydrogen-bond acceptors (Lipinski definition) is 6. The highest BCUT2D eigenvalue weighted by Gasteiger charge is 2.41. The van der Waals surface area contributed by atoms with Crippen molar-refractivity contribution in [3.63, 3.8) is 0 Å². The van der Waals surface area contributed by atoms with E-state index in [0.717, 1.165) is 33.4 Å². The lowest BCUT2D eigenvalue weighted by Gasteiger charge is -2.24. The van der Waals surface area contributed by atoms with Crippen LogP contribution in [0.5, 0.6) is 0 Å². The van der Waals surface area contributed by atoms with Gasteiger partial charge in [-0.2, -0.15) is 0 Å². The summed E-state index contributed by atoms with van der Waals surface area (Å²) in [6, 6.07) is 47.1. The van der Waals surface area contributed by atoms with Crippen LogP contribution in [0.1, 0.15) is 24.8 Å². The minimum Gasteiger partial charge on any atom is -0.208 e. The third-order valence-electron chi connectivity index (χ3n) is 9.72. The Kier molecular flexibility index (Phi) is 7.20. The van der Waals surface area contributed by atoms with E-state index in [2.05, 4.69) is 42.5 Å². The van der Waals surface area contributed by atoms with Crippen molar-refractivity contribution in [3.8, 4) is 68.3 Å². The standard InChI is InChI=1S/C43H32N6/c1-4-12-30(13-5-1)37-44-38(31-14-6-2-7-15-31)46-40(45-37)33-18-10-19-34(26-33)41-47-39(32-16-8-3-9-17-32)48-42(49-41)35-20-11-21-36(27-35)43-24-22-29(28-43)23-25-43/h1-22,24,26-27,29H,23,25,28H2. The summed E-state index contributed by atoms with van der Waals surface area (Å²) >= 11 is 0. The number of nitrogens with zero attached hydrogens (tertiary/aromatic N) is 6. The van der Waals surface area contributed by atoms with E-state index in [1.807, 2.05) is 109 Å². The van der Waals surface area contributed by atoms with Crippen molar-refractivity contribution in [2.45, 2.75) is 24.7 Å². The normalized spacial score (nSPS) is 17.8. The fourth-order valence-electron chi connectivity index (χ4n) is 7.16.